The van der Waals surface area contributed by atoms with Gasteiger partial charge in [0.05, 0.1) is 6.04 Å². The van der Waals surface area contributed by atoms with Crippen LogP contribution >= 0.6 is 15.9 Å². The van der Waals surface area contributed by atoms with Crippen LogP contribution in [0.4, 0.5) is 0 Å². The molecule has 0 spiro atoms. The highest BCUT2D eigenvalue weighted by molar-refractivity contribution is 9.10. The fourth-order valence-electron chi connectivity index (χ4n) is 3.18. The van der Waals surface area contributed by atoms with E-state index < -0.39 is 0 Å². The predicted molar refractivity (Wildman–Crippen MR) is 73.9 cm³/mol. The second-order valence-corrected chi connectivity index (χ2v) is 6.53. The van der Waals surface area contributed by atoms with Gasteiger partial charge in [0.2, 0.25) is 0 Å². The molecular formula is C14H22BrNO. The normalized spacial score (nSPS) is 25.8. The molecule has 1 aliphatic carbocycles. The van der Waals surface area contributed by atoms with Gasteiger partial charge >= 0.3 is 0 Å². The zero-order valence-electron chi connectivity index (χ0n) is 10.9. The van der Waals surface area contributed by atoms with Crippen molar-refractivity contribution in [1.82, 2.24) is 5.32 Å². The van der Waals surface area contributed by atoms with Crippen LogP contribution in [0.1, 0.15) is 51.3 Å². The molecule has 3 heteroatoms. The Morgan fingerprint density at radius 2 is 2.18 bits per heavy atom. The van der Waals surface area contributed by atoms with E-state index in [-0.39, 0.29) is 0 Å². The van der Waals surface area contributed by atoms with E-state index in [1.165, 1.54) is 25.7 Å². The van der Waals surface area contributed by atoms with Gasteiger partial charge in [0.25, 0.3) is 0 Å². The Bertz CT molecular complexity index is 372. The molecule has 0 aliphatic heterocycles. The molecule has 1 N–H and O–H groups in total. The lowest BCUT2D eigenvalue weighted by Crippen LogP contribution is -2.37. The van der Waals surface area contributed by atoms with Gasteiger partial charge < -0.3 is 9.73 Å². The summed E-state index contributed by atoms with van der Waals surface area (Å²) in [6.45, 7) is 4.78. The predicted octanol–water partition coefficient (Wildman–Crippen LogP) is 4.52. The van der Waals surface area contributed by atoms with Gasteiger partial charge in [-0.2, -0.15) is 0 Å². The van der Waals surface area contributed by atoms with Crippen molar-refractivity contribution in [2.45, 2.75) is 45.6 Å². The molecule has 96 valence electrons. The van der Waals surface area contributed by atoms with Crippen LogP contribution in [0.5, 0.6) is 0 Å². The first kappa shape index (κ1) is 13.2. The Morgan fingerprint density at radius 1 is 1.41 bits per heavy atom. The average molecular weight is 300 g/mol. The van der Waals surface area contributed by atoms with E-state index in [1.54, 1.807) is 0 Å². The van der Waals surface area contributed by atoms with Crippen molar-refractivity contribution in [1.29, 1.82) is 0 Å². The highest BCUT2D eigenvalue weighted by Gasteiger charge is 2.38. The van der Waals surface area contributed by atoms with Crippen molar-refractivity contribution in [3.05, 3.63) is 22.6 Å². The lowest BCUT2D eigenvalue weighted by atomic mass is 9.65. The standard InChI is InChI=1S/C14H22BrNO/c1-14(2)9-5-4-6-10(14)13(16-3)11-7-8-12(15)17-11/h7-8,10,13,16H,4-6,9H2,1-3H3. The van der Waals surface area contributed by atoms with Gasteiger partial charge in [0, 0.05) is 0 Å². The average Bonchev–Trinajstić information content (AvgIpc) is 2.68. The Kier molecular flexibility index (Phi) is 3.99. The molecule has 1 aromatic rings. The van der Waals surface area contributed by atoms with E-state index in [0.717, 1.165) is 10.4 Å². The van der Waals surface area contributed by atoms with Crippen molar-refractivity contribution in [2.75, 3.05) is 7.05 Å². The van der Waals surface area contributed by atoms with E-state index in [4.69, 9.17) is 4.42 Å². The zero-order valence-corrected chi connectivity index (χ0v) is 12.5. The first-order valence-electron chi connectivity index (χ1n) is 6.47. The summed E-state index contributed by atoms with van der Waals surface area (Å²) in [7, 11) is 2.03. The monoisotopic (exact) mass is 299 g/mol. The molecule has 17 heavy (non-hydrogen) atoms. The summed E-state index contributed by atoms with van der Waals surface area (Å²) in [6.07, 6.45) is 5.31. The second kappa shape index (κ2) is 5.15. The van der Waals surface area contributed by atoms with Crippen molar-refractivity contribution < 1.29 is 4.42 Å². The molecule has 2 unspecified atom stereocenters. The molecule has 1 aromatic heterocycles. The Labute approximate surface area is 112 Å². The lowest BCUT2D eigenvalue weighted by Gasteiger charge is -2.42. The summed E-state index contributed by atoms with van der Waals surface area (Å²) in [6, 6.07) is 4.39. The third kappa shape index (κ3) is 2.76. The number of furan rings is 1. The van der Waals surface area contributed by atoms with Crippen LogP contribution in [-0.4, -0.2) is 7.05 Å². The molecule has 1 heterocycles. The summed E-state index contributed by atoms with van der Waals surface area (Å²) >= 11 is 3.39. The molecule has 1 aliphatic rings. The maximum absolute atomic E-state index is 5.74. The van der Waals surface area contributed by atoms with Gasteiger partial charge in [-0.25, -0.2) is 0 Å². The third-order valence-corrected chi connectivity index (χ3v) is 4.63. The van der Waals surface area contributed by atoms with Crippen LogP contribution in [0.15, 0.2) is 21.2 Å². The van der Waals surface area contributed by atoms with Crippen molar-refractivity contribution in [3.8, 4) is 0 Å². The molecular weight excluding hydrogens is 278 g/mol. The van der Waals surface area contributed by atoms with Crippen LogP contribution in [0.3, 0.4) is 0 Å². The highest BCUT2D eigenvalue weighted by atomic mass is 79.9. The fourth-order valence-corrected chi connectivity index (χ4v) is 3.50. The molecule has 0 radical (unpaired) electrons. The number of halogens is 1. The van der Waals surface area contributed by atoms with Gasteiger partial charge in [-0.15, -0.1) is 0 Å². The molecule has 2 nitrogen and oxygen atoms in total. The van der Waals surface area contributed by atoms with Gasteiger partial charge in [0.1, 0.15) is 5.76 Å². The zero-order chi connectivity index (χ0) is 12.5. The van der Waals surface area contributed by atoms with Crippen LogP contribution in [0.2, 0.25) is 0 Å². The van der Waals surface area contributed by atoms with Crippen molar-refractivity contribution >= 4 is 15.9 Å². The number of hydrogen-bond acceptors (Lipinski definition) is 2. The van der Waals surface area contributed by atoms with E-state index in [2.05, 4.69) is 41.2 Å². The first-order valence-corrected chi connectivity index (χ1v) is 7.26. The number of rotatable bonds is 3. The first-order chi connectivity index (χ1) is 8.04. The second-order valence-electron chi connectivity index (χ2n) is 5.75. The largest absolute Gasteiger partial charge is 0.453 e. The molecule has 2 rings (SSSR count). The van der Waals surface area contributed by atoms with Gasteiger partial charge in [-0.05, 0) is 59.3 Å². The molecule has 0 aromatic carbocycles. The van der Waals surface area contributed by atoms with Crippen molar-refractivity contribution in [3.63, 3.8) is 0 Å². The van der Waals surface area contributed by atoms with E-state index >= 15 is 0 Å². The molecule has 2 atom stereocenters. The SMILES string of the molecule is CNC(c1ccc(Br)o1)C1CCCCC1(C)C. The Morgan fingerprint density at radius 3 is 2.71 bits per heavy atom. The number of hydrogen-bond donors (Lipinski definition) is 1. The minimum Gasteiger partial charge on any atom is -0.453 e. The summed E-state index contributed by atoms with van der Waals surface area (Å²) in [5.74, 6) is 1.71. The van der Waals surface area contributed by atoms with Crippen molar-refractivity contribution in [2.24, 2.45) is 11.3 Å². The molecule has 0 bridgehead atoms. The molecule has 1 saturated carbocycles. The summed E-state index contributed by atoms with van der Waals surface area (Å²) in [5, 5.41) is 3.44. The molecule has 0 amide bonds. The maximum Gasteiger partial charge on any atom is 0.169 e. The minimum absolute atomic E-state index is 0.330. The van der Waals surface area contributed by atoms with Gasteiger partial charge in [-0.3, -0.25) is 0 Å². The quantitative estimate of drug-likeness (QED) is 0.888. The Balaban J connectivity index is 2.22. The molecule has 1 fully saturated rings. The Hall–Kier alpha value is -0.280. The van der Waals surface area contributed by atoms with Crippen LogP contribution in [-0.2, 0) is 0 Å². The van der Waals surface area contributed by atoms with E-state index in [1.807, 2.05) is 13.1 Å². The number of nitrogens with one attached hydrogen (secondary N) is 1. The van der Waals surface area contributed by atoms with Gasteiger partial charge in [-0.1, -0.05) is 26.7 Å². The van der Waals surface area contributed by atoms with E-state index in [0.29, 0.717) is 17.4 Å². The van der Waals surface area contributed by atoms with E-state index in [9.17, 15) is 0 Å². The molecule has 0 saturated heterocycles. The van der Waals surface area contributed by atoms with Crippen LogP contribution < -0.4 is 5.32 Å². The van der Waals surface area contributed by atoms with Crippen LogP contribution in [0, 0.1) is 11.3 Å². The maximum atomic E-state index is 5.74. The smallest absolute Gasteiger partial charge is 0.169 e. The van der Waals surface area contributed by atoms with Gasteiger partial charge in [0.15, 0.2) is 4.67 Å². The topological polar surface area (TPSA) is 25.2 Å². The third-order valence-electron chi connectivity index (χ3n) is 4.20. The minimum atomic E-state index is 0.330. The highest BCUT2D eigenvalue weighted by Crippen LogP contribution is 2.47. The summed E-state index contributed by atoms with van der Waals surface area (Å²) in [5.41, 5.74) is 0.394. The van der Waals surface area contributed by atoms with Crippen LogP contribution in [0.25, 0.3) is 0 Å². The fraction of sp³-hybridized carbons (Fsp3) is 0.714. The summed E-state index contributed by atoms with van der Waals surface area (Å²) in [4.78, 5) is 0. The summed E-state index contributed by atoms with van der Waals surface area (Å²) < 4.78 is 6.56. The lowest BCUT2D eigenvalue weighted by molar-refractivity contribution is 0.0921.